The third-order valence-corrected chi connectivity index (χ3v) is 3.45. The third kappa shape index (κ3) is 4.26. The van der Waals surface area contributed by atoms with Crippen molar-refractivity contribution < 1.29 is 9.72 Å². The van der Waals surface area contributed by atoms with Crippen molar-refractivity contribution in [3.05, 3.63) is 74.3 Å². The van der Waals surface area contributed by atoms with E-state index in [9.17, 15) is 14.9 Å². The fraction of sp³-hybridized carbons (Fsp3) is 0.0625. The lowest BCUT2D eigenvalue weighted by molar-refractivity contribution is -0.384. The first-order chi connectivity index (χ1) is 10.5. The number of nitro benzene ring substituents is 1. The fourth-order valence-electron chi connectivity index (χ4n) is 1.86. The smallest absolute Gasteiger partial charge is 0.270 e. The molecular weight excluding hydrogens is 348 g/mol. The first-order valence-electron chi connectivity index (χ1n) is 6.45. The zero-order valence-electron chi connectivity index (χ0n) is 11.7. The summed E-state index contributed by atoms with van der Waals surface area (Å²) >= 11 is 3.36. The molecule has 0 spiro atoms. The monoisotopic (exact) mass is 360 g/mol. The molecule has 1 N–H and O–H groups in total. The summed E-state index contributed by atoms with van der Waals surface area (Å²) in [7, 11) is 0. The van der Waals surface area contributed by atoms with Gasteiger partial charge in [-0.2, -0.15) is 0 Å². The van der Waals surface area contributed by atoms with Crippen LogP contribution >= 0.6 is 15.9 Å². The van der Waals surface area contributed by atoms with E-state index < -0.39 is 4.92 Å². The minimum atomic E-state index is -0.470. The molecule has 0 unspecified atom stereocenters. The second kappa shape index (κ2) is 7.00. The number of carbonyl (C=O) groups is 1. The summed E-state index contributed by atoms with van der Waals surface area (Å²) in [5.74, 6) is -0.295. The summed E-state index contributed by atoms with van der Waals surface area (Å²) in [4.78, 5) is 22.1. The molecule has 0 aromatic heterocycles. The number of nitrogens with zero attached hydrogens (tertiary/aromatic N) is 1. The Hall–Kier alpha value is -2.47. The molecular formula is C16H13BrN2O3. The number of rotatable bonds is 4. The van der Waals surface area contributed by atoms with Gasteiger partial charge in [0.2, 0.25) is 5.91 Å². The average Bonchev–Trinajstić information content (AvgIpc) is 2.48. The van der Waals surface area contributed by atoms with Crippen molar-refractivity contribution in [1.29, 1.82) is 0 Å². The number of amides is 1. The number of nitro groups is 1. The van der Waals surface area contributed by atoms with Crippen LogP contribution < -0.4 is 5.32 Å². The summed E-state index contributed by atoms with van der Waals surface area (Å²) in [6, 6.07) is 11.6. The summed E-state index contributed by atoms with van der Waals surface area (Å²) in [5.41, 5.74) is 2.24. The summed E-state index contributed by atoms with van der Waals surface area (Å²) in [5, 5.41) is 13.5. The number of non-ortho nitro benzene ring substituents is 1. The van der Waals surface area contributed by atoms with Crippen molar-refractivity contribution >= 4 is 39.3 Å². The van der Waals surface area contributed by atoms with E-state index in [1.807, 2.05) is 19.1 Å². The van der Waals surface area contributed by atoms with E-state index in [1.165, 1.54) is 24.3 Å². The van der Waals surface area contributed by atoms with Gasteiger partial charge in [0.15, 0.2) is 0 Å². The zero-order chi connectivity index (χ0) is 16.1. The van der Waals surface area contributed by atoms with Gasteiger partial charge in [0.1, 0.15) is 0 Å². The molecule has 2 aromatic carbocycles. The van der Waals surface area contributed by atoms with Crippen LogP contribution in [0.4, 0.5) is 11.4 Å². The van der Waals surface area contributed by atoms with Crippen molar-refractivity contribution in [3.63, 3.8) is 0 Å². The lowest BCUT2D eigenvalue weighted by Gasteiger charge is -2.06. The van der Waals surface area contributed by atoms with Crippen LogP contribution in [0.1, 0.15) is 11.1 Å². The number of hydrogen-bond donors (Lipinski definition) is 1. The van der Waals surface area contributed by atoms with Crippen LogP contribution in [-0.4, -0.2) is 10.8 Å². The number of carbonyl (C=O) groups excluding carboxylic acids is 1. The molecule has 22 heavy (non-hydrogen) atoms. The normalized spacial score (nSPS) is 10.6. The van der Waals surface area contributed by atoms with E-state index in [0.29, 0.717) is 5.56 Å². The van der Waals surface area contributed by atoms with Gasteiger partial charge in [-0.25, -0.2) is 0 Å². The van der Waals surface area contributed by atoms with Crippen LogP contribution in [0.3, 0.4) is 0 Å². The molecule has 5 nitrogen and oxygen atoms in total. The summed E-state index contributed by atoms with van der Waals surface area (Å²) < 4.78 is 0.940. The van der Waals surface area contributed by atoms with Gasteiger partial charge in [-0.1, -0.05) is 28.1 Å². The van der Waals surface area contributed by atoms with Gasteiger partial charge >= 0.3 is 0 Å². The Morgan fingerprint density at radius 1 is 1.27 bits per heavy atom. The largest absolute Gasteiger partial charge is 0.322 e. The van der Waals surface area contributed by atoms with Crippen LogP contribution in [0, 0.1) is 17.0 Å². The number of aryl methyl sites for hydroxylation is 1. The molecule has 0 fully saturated rings. The second-order valence-corrected chi connectivity index (χ2v) is 5.55. The highest BCUT2D eigenvalue weighted by Crippen LogP contribution is 2.20. The SMILES string of the molecule is Cc1cc(Br)ccc1NC(=O)/C=C/c1cccc([N+](=O)[O-])c1. The Balaban J connectivity index is 2.08. The summed E-state index contributed by atoms with van der Waals surface area (Å²) in [6.45, 7) is 1.89. The van der Waals surface area contributed by atoms with Crippen LogP contribution in [0.2, 0.25) is 0 Å². The van der Waals surface area contributed by atoms with Crippen molar-refractivity contribution in [2.75, 3.05) is 5.32 Å². The Kier molecular flexibility index (Phi) is 5.06. The maximum Gasteiger partial charge on any atom is 0.270 e. The average molecular weight is 361 g/mol. The molecule has 0 heterocycles. The molecule has 0 radical (unpaired) electrons. The predicted molar refractivity (Wildman–Crippen MR) is 89.6 cm³/mol. The predicted octanol–water partition coefficient (Wildman–Crippen LogP) is 4.32. The standard InChI is InChI=1S/C16H13BrN2O3/c1-11-9-13(17)6-7-15(11)18-16(20)8-5-12-3-2-4-14(10-12)19(21)22/h2-10H,1H3,(H,18,20)/b8-5+. The molecule has 6 heteroatoms. The number of hydrogen-bond acceptors (Lipinski definition) is 3. The Morgan fingerprint density at radius 3 is 2.73 bits per heavy atom. The first kappa shape index (κ1) is 15.9. The molecule has 0 bridgehead atoms. The third-order valence-electron chi connectivity index (χ3n) is 2.95. The molecule has 0 aliphatic carbocycles. The molecule has 0 saturated heterocycles. The molecule has 0 aliphatic heterocycles. The van der Waals surface area contributed by atoms with Crippen LogP contribution in [0.25, 0.3) is 6.08 Å². The number of anilines is 1. The van der Waals surface area contributed by atoms with Crippen LogP contribution in [-0.2, 0) is 4.79 Å². The van der Waals surface area contributed by atoms with Crippen LogP contribution in [0.15, 0.2) is 53.0 Å². The van der Waals surface area contributed by atoms with Gasteiger partial charge in [0.05, 0.1) is 4.92 Å². The second-order valence-electron chi connectivity index (χ2n) is 4.63. The van der Waals surface area contributed by atoms with E-state index in [0.717, 1.165) is 15.7 Å². The fourth-order valence-corrected chi connectivity index (χ4v) is 2.33. The van der Waals surface area contributed by atoms with Crippen LogP contribution in [0.5, 0.6) is 0 Å². The van der Waals surface area contributed by atoms with Gasteiger partial charge < -0.3 is 5.32 Å². The number of nitrogens with one attached hydrogen (secondary N) is 1. The van der Waals surface area contributed by atoms with E-state index >= 15 is 0 Å². The lowest BCUT2D eigenvalue weighted by atomic mass is 10.2. The molecule has 112 valence electrons. The van der Waals surface area contributed by atoms with Gasteiger partial charge in [-0.05, 0) is 42.3 Å². The van der Waals surface area contributed by atoms with E-state index in [1.54, 1.807) is 18.2 Å². The lowest BCUT2D eigenvalue weighted by Crippen LogP contribution is -2.08. The maximum atomic E-state index is 11.9. The Bertz CT molecular complexity index is 757. The van der Waals surface area contributed by atoms with Crippen molar-refractivity contribution in [2.24, 2.45) is 0 Å². The van der Waals surface area contributed by atoms with Gasteiger partial charge in [0, 0.05) is 28.4 Å². The topological polar surface area (TPSA) is 72.2 Å². The van der Waals surface area contributed by atoms with E-state index in [2.05, 4.69) is 21.2 Å². The van der Waals surface area contributed by atoms with Crippen molar-refractivity contribution in [2.45, 2.75) is 6.92 Å². The molecule has 2 aromatic rings. The zero-order valence-corrected chi connectivity index (χ0v) is 13.3. The highest BCUT2D eigenvalue weighted by molar-refractivity contribution is 9.10. The highest BCUT2D eigenvalue weighted by Gasteiger charge is 2.05. The minimum Gasteiger partial charge on any atom is -0.322 e. The van der Waals surface area contributed by atoms with Crippen molar-refractivity contribution in [3.8, 4) is 0 Å². The maximum absolute atomic E-state index is 11.9. The highest BCUT2D eigenvalue weighted by atomic mass is 79.9. The van der Waals surface area contributed by atoms with E-state index in [-0.39, 0.29) is 11.6 Å². The Labute approximate surface area is 135 Å². The molecule has 0 atom stereocenters. The van der Waals surface area contributed by atoms with Gasteiger partial charge in [-0.3, -0.25) is 14.9 Å². The molecule has 0 aliphatic rings. The minimum absolute atomic E-state index is 0.00804. The quantitative estimate of drug-likeness (QED) is 0.501. The molecule has 1 amide bonds. The molecule has 2 rings (SSSR count). The number of halogens is 1. The summed E-state index contributed by atoms with van der Waals surface area (Å²) in [6.07, 6.45) is 2.89. The van der Waals surface area contributed by atoms with Gasteiger partial charge in [0.25, 0.3) is 5.69 Å². The molecule has 0 saturated carbocycles. The van der Waals surface area contributed by atoms with E-state index in [4.69, 9.17) is 0 Å². The number of benzene rings is 2. The van der Waals surface area contributed by atoms with Crippen molar-refractivity contribution in [1.82, 2.24) is 0 Å². The van der Waals surface area contributed by atoms with Gasteiger partial charge in [-0.15, -0.1) is 0 Å². The Morgan fingerprint density at radius 2 is 2.05 bits per heavy atom. The first-order valence-corrected chi connectivity index (χ1v) is 7.24.